The molecule has 1 aromatic heterocycles. The van der Waals surface area contributed by atoms with E-state index in [0.717, 1.165) is 18.0 Å². The van der Waals surface area contributed by atoms with Gasteiger partial charge in [0, 0.05) is 17.7 Å². The third-order valence-corrected chi connectivity index (χ3v) is 3.70. The molecule has 7 heteroatoms. The number of rotatable bonds is 7. The van der Waals surface area contributed by atoms with Gasteiger partial charge in [0.2, 0.25) is 5.91 Å². The molecule has 1 amide bonds. The number of carbonyl (C=O) groups excluding carboxylic acids is 1. The summed E-state index contributed by atoms with van der Waals surface area (Å²) in [4.78, 5) is 16.0. The first-order valence-corrected chi connectivity index (χ1v) is 7.03. The summed E-state index contributed by atoms with van der Waals surface area (Å²) in [7, 11) is 1.90. The Morgan fingerprint density at radius 2 is 2.21 bits per heavy atom. The molecule has 0 spiro atoms. The Morgan fingerprint density at radius 3 is 2.84 bits per heavy atom. The van der Waals surface area contributed by atoms with Gasteiger partial charge in [-0.05, 0) is 32.9 Å². The fraction of sp³-hybridized carbons (Fsp3) is 0.667. The molecule has 0 saturated heterocycles. The van der Waals surface area contributed by atoms with E-state index >= 15 is 0 Å². The first-order chi connectivity index (χ1) is 8.29. The van der Waals surface area contributed by atoms with Crippen molar-refractivity contribution in [1.29, 1.82) is 0 Å². The molecule has 0 radical (unpaired) electrons. The van der Waals surface area contributed by atoms with E-state index in [1.165, 1.54) is 18.5 Å². The average molecular weight is 326 g/mol. The zero-order chi connectivity index (χ0) is 12.1. The Bertz CT molecular complexity index is 383. The maximum atomic E-state index is 11.5. The van der Waals surface area contributed by atoms with E-state index in [9.17, 15) is 4.79 Å². The minimum absolute atomic E-state index is 0. The lowest BCUT2D eigenvalue weighted by molar-refractivity contribution is -0.121. The van der Waals surface area contributed by atoms with Crippen molar-refractivity contribution in [2.24, 2.45) is 0 Å². The topological polar surface area (TPSA) is 54.0 Å². The van der Waals surface area contributed by atoms with Crippen molar-refractivity contribution in [2.75, 3.05) is 13.6 Å². The molecule has 0 aromatic carbocycles. The first kappa shape index (κ1) is 18.6. The monoisotopic (exact) mass is 325 g/mol. The molecule has 19 heavy (non-hydrogen) atoms. The fourth-order valence-corrected chi connectivity index (χ4v) is 2.48. The van der Waals surface area contributed by atoms with Crippen LogP contribution in [0.15, 0.2) is 5.38 Å². The molecule has 0 atom stereocenters. The van der Waals surface area contributed by atoms with Crippen molar-refractivity contribution >= 4 is 42.1 Å². The Hall–Kier alpha value is -0.360. The molecule has 0 aliphatic heterocycles. The average Bonchev–Trinajstić information content (AvgIpc) is 3.07. The number of hydrogen-bond donors (Lipinski definition) is 2. The van der Waals surface area contributed by atoms with Gasteiger partial charge >= 0.3 is 0 Å². The van der Waals surface area contributed by atoms with Crippen LogP contribution in [0.25, 0.3) is 0 Å². The summed E-state index contributed by atoms with van der Waals surface area (Å²) in [5.74, 6) is 0.815. The van der Waals surface area contributed by atoms with Crippen LogP contribution in [-0.2, 0) is 11.3 Å². The molecule has 4 nitrogen and oxygen atoms in total. The molecule has 0 unspecified atom stereocenters. The summed E-state index contributed by atoms with van der Waals surface area (Å²) in [6.07, 6.45) is 4.02. The van der Waals surface area contributed by atoms with Crippen LogP contribution in [0.1, 0.15) is 42.3 Å². The van der Waals surface area contributed by atoms with Crippen LogP contribution in [0.5, 0.6) is 0 Å². The molecule has 1 aliphatic carbocycles. The maximum absolute atomic E-state index is 11.5. The lowest BCUT2D eigenvalue weighted by atomic mass is 10.3. The maximum Gasteiger partial charge on any atom is 0.220 e. The van der Waals surface area contributed by atoms with Crippen LogP contribution in [-0.4, -0.2) is 24.5 Å². The molecular weight excluding hydrogens is 305 g/mol. The normalized spacial score (nSPS) is 13.3. The van der Waals surface area contributed by atoms with Gasteiger partial charge in [0.15, 0.2) is 0 Å². The minimum Gasteiger partial charge on any atom is -0.350 e. The van der Waals surface area contributed by atoms with Crippen molar-refractivity contribution in [3.8, 4) is 0 Å². The van der Waals surface area contributed by atoms with Gasteiger partial charge in [-0.1, -0.05) is 0 Å². The Balaban J connectivity index is 0.00000162. The van der Waals surface area contributed by atoms with Crippen molar-refractivity contribution in [3.05, 3.63) is 16.1 Å². The van der Waals surface area contributed by atoms with E-state index in [0.29, 0.717) is 18.9 Å². The van der Waals surface area contributed by atoms with Crippen molar-refractivity contribution in [2.45, 2.75) is 38.1 Å². The Labute approximate surface area is 130 Å². The quantitative estimate of drug-likeness (QED) is 0.757. The predicted molar refractivity (Wildman–Crippen MR) is 83.6 cm³/mol. The Kier molecular flexibility index (Phi) is 9.35. The molecule has 110 valence electrons. The standard InChI is InChI=1S/C12H19N3OS.2ClH/c1-13-6-2-3-11(16)14-7-12-15-10(8-17-12)9-4-5-9;;/h8-9,13H,2-7H2,1H3,(H,14,16);2*1H. The second kappa shape index (κ2) is 9.53. The highest BCUT2D eigenvalue weighted by atomic mass is 35.5. The summed E-state index contributed by atoms with van der Waals surface area (Å²) in [5, 5.41) is 9.09. The number of nitrogens with one attached hydrogen (secondary N) is 2. The summed E-state index contributed by atoms with van der Waals surface area (Å²) in [6, 6.07) is 0. The van der Waals surface area contributed by atoms with Gasteiger partial charge in [0.1, 0.15) is 5.01 Å². The number of hydrogen-bond acceptors (Lipinski definition) is 4. The van der Waals surface area contributed by atoms with E-state index < -0.39 is 0 Å². The van der Waals surface area contributed by atoms with E-state index in [-0.39, 0.29) is 30.7 Å². The molecule has 1 aromatic rings. The van der Waals surface area contributed by atoms with Crippen LogP contribution in [0.2, 0.25) is 0 Å². The summed E-state index contributed by atoms with van der Waals surface area (Å²) >= 11 is 1.65. The third kappa shape index (κ3) is 6.56. The SMILES string of the molecule is CNCCCC(=O)NCc1nc(C2CC2)cs1.Cl.Cl. The lowest BCUT2D eigenvalue weighted by Crippen LogP contribution is -2.23. The largest absolute Gasteiger partial charge is 0.350 e. The van der Waals surface area contributed by atoms with Gasteiger partial charge in [-0.15, -0.1) is 36.2 Å². The molecule has 1 aliphatic rings. The van der Waals surface area contributed by atoms with Gasteiger partial charge in [0.25, 0.3) is 0 Å². The van der Waals surface area contributed by atoms with Gasteiger partial charge in [-0.3, -0.25) is 4.79 Å². The number of thiazole rings is 1. The van der Waals surface area contributed by atoms with E-state index in [1.807, 2.05) is 7.05 Å². The predicted octanol–water partition coefficient (Wildman–Crippen LogP) is 2.48. The first-order valence-electron chi connectivity index (χ1n) is 6.15. The zero-order valence-electron chi connectivity index (χ0n) is 11.0. The van der Waals surface area contributed by atoms with Crippen molar-refractivity contribution in [3.63, 3.8) is 0 Å². The van der Waals surface area contributed by atoms with Crippen molar-refractivity contribution in [1.82, 2.24) is 15.6 Å². The van der Waals surface area contributed by atoms with E-state index in [1.54, 1.807) is 11.3 Å². The highest BCUT2D eigenvalue weighted by Crippen LogP contribution is 2.40. The van der Waals surface area contributed by atoms with Gasteiger partial charge in [-0.2, -0.15) is 0 Å². The van der Waals surface area contributed by atoms with Crippen LogP contribution in [0.4, 0.5) is 0 Å². The third-order valence-electron chi connectivity index (χ3n) is 2.83. The number of nitrogens with zero attached hydrogens (tertiary/aromatic N) is 1. The summed E-state index contributed by atoms with van der Waals surface area (Å²) < 4.78 is 0. The molecule has 1 saturated carbocycles. The van der Waals surface area contributed by atoms with Gasteiger partial charge < -0.3 is 10.6 Å². The highest BCUT2D eigenvalue weighted by Gasteiger charge is 2.25. The summed E-state index contributed by atoms with van der Waals surface area (Å²) in [5.41, 5.74) is 1.22. The van der Waals surface area contributed by atoms with Crippen LogP contribution >= 0.6 is 36.2 Å². The lowest BCUT2D eigenvalue weighted by Gasteiger charge is -2.02. The second-order valence-corrected chi connectivity index (χ2v) is 5.37. The number of carbonyl (C=O) groups is 1. The molecular formula is C12H21Cl2N3OS. The van der Waals surface area contributed by atoms with Crippen LogP contribution < -0.4 is 10.6 Å². The second-order valence-electron chi connectivity index (χ2n) is 4.42. The minimum atomic E-state index is 0. The summed E-state index contributed by atoms with van der Waals surface area (Å²) in [6.45, 7) is 1.46. The van der Waals surface area contributed by atoms with Crippen LogP contribution in [0, 0.1) is 0 Å². The Morgan fingerprint density at radius 1 is 1.47 bits per heavy atom. The van der Waals surface area contributed by atoms with E-state index in [2.05, 4.69) is 21.0 Å². The number of halogens is 2. The highest BCUT2D eigenvalue weighted by molar-refractivity contribution is 7.09. The molecule has 1 heterocycles. The molecule has 1 fully saturated rings. The fourth-order valence-electron chi connectivity index (χ4n) is 1.66. The van der Waals surface area contributed by atoms with Gasteiger partial charge in [-0.25, -0.2) is 4.98 Å². The smallest absolute Gasteiger partial charge is 0.220 e. The van der Waals surface area contributed by atoms with E-state index in [4.69, 9.17) is 0 Å². The molecule has 2 rings (SSSR count). The molecule has 0 bridgehead atoms. The van der Waals surface area contributed by atoms with Crippen molar-refractivity contribution < 1.29 is 4.79 Å². The molecule has 2 N–H and O–H groups in total. The number of aromatic nitrogens is 1. The van der Waals surface area contributed by atoms with Crippen LogP contribution in [0.3, 0.4) is 0 Å². The number of amides is 1. The van der Waals surface area contributed by atoms with Gasteiger partial charge in [0.05, 0.1) is 12.2 Å². The zero-order valence-corrected chi connectivity index (χ0v) is 13.4.